The minimum Gasteiger partial charge on any atom is -0.267 e. The number of hydrogen-bond acceptors (Lipinski definition) is 4. The highest BCUT2D eigenvalue weighted by atomic mass is 32.2. The molecule has 3 aromatic rings. The molecule has 1 aliphatic rings. The Morgan fingerprint density at radius 2 is 1.81 bits per heavy atom. The zero-order chi connectivity index (χ0) is 22.4. The first-order chi connectivity index (χ1) is 14.5. The first kappa shape index (κ1) is 21.4. The quantitative estimate of drug-likeness (QED) is 0.553. The molecule has 1 heterocycles. The molecule has 1 aromatic heterocycles. The van der Waals surface area contributed by atoms with E-state index in [1.165, 1.54) is 29.0 Å². The maximum atomic E-state index is 14.0. The standard InChI is InChI=1S/C23H22F2N2O3S/c1-23(24,25)17-10-11-18-19(14-17)21(16-6-4-3-5-7-16)26-27(22(18)28)20(15-8-9-15)12-13-31(2,29)30/h3-7,10-15,20H,8-9H2,1-2H3/b13-12+/t20-/m0/s1. The highest BCUT2D eigenvalue weighted by Crippen LogP contribution is 2.40. The van der Waals surface area contributed by atoms with Gasteiger partial charge in [-0.2, -0.15) is 5.10 Å². The van der Waals surface area contributed by atoms with Crippen molar-refractivity contribution in [2.45, 2.75) is 31.7 Å². The van der Waals surface area contributed by atoms with Crippen LogP contribution in [0.5, 0.6) is 0 Å². The monoisotopic (exact) mass is 444 g/mol. The topological polar surface area (TPSA) is 69.0 Å². The molecular formula is C23H22F2N2O3S. The fourth-order valence-electron chi connectivity index (χ4n) is 3.64. The Morgan fingerprint density at radius 3 is 2.39 bits per heavy atom. The molecule has 0 spiro atoms. The average Bonchev–Trinajstić information content (AvgIpc) is 3.53. The predicted octanol–water partition coefficient (Wildman–Crippen LogP) is 4.68. The molecule has 0 aliphatic heterocycles. The lowest BCUT2D eigenvalue weighted by Gasteiger charge is -2.19. The maximum absolute atomic E-state index is 14.0. The Balaban J connectivity index is 2.01. The van der Waals surface area contributed by atoms with Crippen LogP contribution in [-0.2, 0) is 15.8 Å². The number of nitrogens with zero attached hydrogens (tertiary/aromatic N) is 2. The Kier molecular flexibility index (Phi) is 5.29. The predicted molar refractivity (Wildman–Crippen MR) is 117 cm³/mol. The van der Waals surface area contributed by atoms with Crippen molar-refractivity contribution in [3.05, 3.63) is 75.9 Å². The summed E-state index contributed by atoms with van der Waals surface area (Å²) >= 11 is 0. The lowest BCUT2D eigenvalue weighted by Crippen LogP contribution is -2.28. The smallest absolute Gasteiger partial charge is 0.267 e. The normalized spacial score (nSPS) is 16.1. The first-order valence-electron chi connectivity index (χ1n) is 9.93. The van der Waals surface area contributed by atoms with Gasteiger partial charge in [0.05, 0.1) is 17.1 Å². The minimum absolute atomic E-state index is 0.100. The maximum Gasteiger partial charge on any atom is 0.275 e. The van der Waals surface area contributed by atoms with E-state index in [1.807, 2.05) is 6.07 Å². The van der Waals surface area contributed by atoms with Crippen LogP contribution in [0.1, 0.15) is 31.4 Å². The molecule has 1 atom stereocenters. The van der Waals surface area contributed by atoms with Gasteiger partial charge in [-0.05, 0) is 37.0 Å². The van der Waals surface area contributed by atoms with Crippen molar-refractivity contribution in [3.8, 4) is 11.3 Å². The van der Waals surface area contributed by atoms with E-state index in [2.05, 4.69) is 5.10 Å². The third-order valence-corrected chi connectivity index (χ3v) is 6.04. The number of allylic oxidation sites excluding steroid dienone is 1. The SMILES string of the molecule is CC(F)(F)c1ccc2c(=O)n([C@@H](/C=C/S(C)(=O)=O)C3CC3)nc(-c3ccccc3)c2c1. The van der Waals surface area contributed by atoms with Gasteiger partial charge >= 0.3 is 0 Å². The first-order valence-corrected chi connectivity index (χ1v) is 11.9. The van der Waals surface area contributed by atoms with Crippen LogP contribution in [-0.4, -0.2) is 24.5 Å². The summed E-state index contributed by atoms with van der Waals surface area (Å²) in [5.41, 5.74) is 0.446. The van der Waals surface area contributed by atoms with Crippen molar-refractivity contribution >= 4 is 20.6 Å². The van der Waals surface area contributed by atoms with Crippen LogP contribution in [0.3, 0.4) is 0 Å². The molecular weight excluding hydrogens is 422 g/mol. The van der Waals surface area contributed by atoms with E-state index in [0.717, 1.165) is 31.4 Å². The second-order valence-electron chi connectivity index (χ2n) is 8.10. The van der Waals surface area contributed by atoms with Crippen molar-refractivity contribution in [1.29, 1.82) is 0 Å². The number of aromatic nitrogens is 2. The molecule has 162 valence electrons. The molecule has 4 rings (SSSR count). The van der Waals surface area contributed by atoms with Crippen molar-refractivity contribution in [3.63, 3.8) is 0 Å². The molecule has 0 saturated heterocycles. The van der Waals surface area contributed by atoms with E-state index >= 15 is 0 Å². The molecule has 0 N–H and O–H groups in total. The van der Waals surface area contributed by atoms with E-state index in [-0.39, 0.29) is 16.9 Å². The average molecular weight is 445 g/mol. The summed E-state index contributed by atoms with van der Waals surface area (Å²) in [6, 6.07) is 12.5. The zero-order valence-corrected chi connectivity index (χ0v) is 17.9. The van der Waals surface area contributed by atoms with E-state index in [4.69, 9.17) is 0 Å². The molecule has 31 heavy (non-hydrogen) atoms. The molecule has 5 nitrogen and oxygen atoms in total. The summed E-state index contributed by atoms with van der Waals surface area (Å²) < 4.78 is 52.6. The van der Waals surface area contributed by atoms with Crippen molar-refractivity contribution in [2.24, 2.45) is 5.92 Å². The third-order valence-electron chi connectivity index (χ3n) is 5.39. The molecule has 2 aromatic carbocycles. The molecule has 1 saturated carbocycles. The fraction of sp³-hybridized carbons (Fsp3) is 0.304. The summed E-state index contributed by atoms with van der Waals surface area (Å²) in [6.07, 6.45) is 4.29. The van der Waals surface area contributed by atoms with Gasteiger partial charge in [0, 0.05) is 35.1 Å². The summed E-state index contributed by atoms with van der Waals surface area (Å²) in [6.45, 7) is 0.810. The molecule has 0 bridgehead atoms. The molecule has 1 fully saturated rings. The fourth-order valence-corrected chi connectivity index (χ4v) is 4.09. The van der Waals surface area contributed by atoms with Crippen LogP contribution in [0, 0.1) is 5.92 Å². The van der Waals surface area contributed by atoms with Gasteiger partial charge < -0.3 is 0 Å². The number of sulfone groups is 1. The van der Waals surface area contributed by atoms with Crippen molar-refractivity contribution in [1.82, 2.24) is 9.78 Å². The molecule has 1 aliphatic carbocycles. The van der Waals surface area contributed by atoms with Gasteiger partial charge in [-0.1, -0.05) is 36.4 Å². The van der Waals surface area contributed by atoms with Gasteiger partial charge in [0.15, 0.2) is 9.84 Å². The van der Waals surface area contributed by atoms with Crippen LogP contribution >= 0.6 is 0 Å². The van der Waals surface area contributed by atoms with E-state index in [1.54, 1.807) is 24.3 Å². The van der Waals surface area contributed by atoms with Crippen LogP contribution in [0.4, 0.5) is 8.78 Å². The van der Waals surface area contributed by atoms with Crippen LogP contribution < -0.4 is 5.56 Å². The van der Waals surface area contributed by atoms with Gasteiger partial charge in [-0.3, -0.25) is 4.79 Å². The molecule has 0 amide bonds. The Bertz CT molecular complexity index is 1320. The molecule has 0 unspecified atom stereocenters. The highest BCUT2D eigenvalue weighted by Gasteiger charge is 2.33. The van der Waals surface area contributed by atoms with Crippen LogP contribution in [0.2, 0.25) is 0 Å². The number of hydrogen-bond donors (Lipinski definition) is 0. The lowest BCUT2D eigenvalue weighted by atomic mass is 10.00. The summed E-state index contributed by atoms with van der Waals surface area (Å²) in [5, 5.41) is 6.27. The summed E-state index contributed by atoms with van der Waals surface area (Å²) in [7, 11) is -3.38. The summed E-state index contributed by atoms with van der Waals surface area (Å²) in [5.74, 6) is -2.96. The van der Waals surface area contributed by atoms with Gasteiger partial charge in [0.25, 0.3) is 11.5 Å². The number of halogens is 2. The minimum atomic E-state index is -3.38. The molecule has 8 heteroatoms. The van der Waals surface area contributed by atoms with Gasteiger partial charge in [0.2, 0.25) is 0 Å². The zero-order valence-electron chi connectivity index (χ0n) is 17.1. The number of alkyl halides is 2. The second kappa shape index (κ2) is 7.67. The molecule has 0 radical (unpaired) electrons. The van der Waals surface area contributed by atoms with E-state index in [0.29, 0.717) is 16.6 Å². The van der Waals surface area contributed by atoms with Gasteiger partial charge in [0.1, 0.15) is 0 Å². The van der Waals surface area contributed by atoms with Crippen molar-refractivity contribution < 1.29 is 17.2 Å². The van der Waals surface area contributed by atoms with Crippen molar-refractivity contribution in [2.75, 3.05) is 6.26 Å². The Morgan fingerprint density at radius 1 is 1.13 bits per heavy atom. The summed E-state index contributed by atoms with van der Waals surface area (Å²) in [4.78, 5) is 13.3. The second-order valence-corrected chi connectivity index (χ2v) is 10.0. The van der Waals surface area contributed by atoms with Crippen LogP contribution in [0.15, 0.2) is 64.8 Å². The van der Waals surface area contributed by atoms with Gasteiger partial charge in [-0.15, -0.1) is 0 Å². The number of benzene rings is 2. The number of rotatable bonds is 6. The highest BCUT2D eigenvalue weighted by molar-refractivity contribution is 7.93. The Hall–Kier alpha value is -2.87. The lowest BCUT2D eigenvalue weighted by molar-refractivity contribution is 0.0176. The third kappa shape index (κ3) is 4.58. The van der Waals surface area contributed by atoms with E-state index < -0.39 is 27.4 Å². The largest absolute Gasteiger partial charge is 0.275 e. The number of fused-ring (bicyclic) bond motifs is 1. The van der Waals surface area contributed by atoms with E-state index in [9.17, 15) is 22.0 Å². The Labute approximate surface area is 178 Å². The van der Waals surface area contributed by atoms with Crippen LogP contribution in [0.25, 0.3) is 22.0 Å². The van der Waals surface area contributed by atoms with Gasteiger partial charge in [-0.25, -0.2) is 21.9 Å².